The van der Waals surface area contributed by atoms with Gasteiger partial charge < -0.3 is 0 Å². The van der Waals surface area contributed by atoms with Gasteiger partial charge >= 0.3 is 0 Å². The molecule has 1 amide bonds. The van der Waals surface area contributed by atoms with E-state index >= 15 is 0 Å². The Balaban J connectivity index is 1.91. The molecule has 1 saturated carbocycles. The average Bonchev–Trinajstić information content (AvgIpc) is 3.25. The highest BCUT2D eigenvalue weighted by atomic mass is 32.2. The molecular weight excluding hydrogens is 358 g/mol. The van der Waals surface area contributed by atoms with Crippen molar-refractivity contribution in [3.63, 3.8) is 0 Å². The lowest BCUT2D eigenvalue weighted by Crippen LogP contribution is -2.15. The smallest absolute Gasteiger partial charge is 0.259 e. The molecule has 0 atom stereocenters. The van der Waals surface area contributed by atoms with Crippen LogP contribution in [0, 0.1) is 5.92 Å². The molecule has 0 radical (unpaired) electrons. The van der Waals surface area contributed by atoms with Gasteiger partial charge in [0.1, 0.15) is 0 Å². The normalized spacial score (nSPS) is 16.1. The van der Waals surface area contributed by atoms with E-state index in [1.54, 1.807) is 17.6 Å². The summed E-state index contributed by atoms with van der Waals surface area (Å²) < 4.78 is 23.2. The van der Waals surface area contributed by atoms with Crippen molar-refractivity contribution in [3.05, 3.63) is 41.7 Å². The lowest BCUT2D eigenvalue weighted by atomic mass is 10.0. The Bertz CT molecular complexity index is 866. The first-order chi connectivity index (χ1) is 11.9. The van der Waals surface area contributed by atoms with Crippen LogP contribution in [0.3, 0.4) is 0 Å². The number of sulfone groups is 1. The van der Waals surface area contributed by atoms with Gasteiger partial charge in [0.25, 0.3) is 5.91 Å². The van der Waals surface area contributed by atoms with E-state index in [0.29, 0.717) is 22.3 Å². The molecule has 0 bridgehead atoms. The van der Waals surface area contributed by atoms with Crippen LogP contribution in [0.1, 0.15) is 31.4 Å². The van der Waals surface area contributed by atoms with E-state index in [4.69, 9.17) is 0 Å². The molecule has 0 unspecified atom stereocenters. The molecule has 0 aliphatic heterocycles. The molecule has 1 fully saturated rings. The molecule has 2 aromatic heterocycles. The zero-order chi connectivity index (χ0) is 17.9. The number of thiazole rings is 1. The Morgan fingerprint density at radius 3 is 2.60 bits per heavy atom. The molecule has 6 nitrogen and oxygen atoms in total. The molecule has 25 heavy (non-hydrogen) atoms. The zero-order valence-corrected chi connectivity index (χ0v) is 15.4. The minimum absolute atomic E-state index is 0.136. The predicted molar refractivity (Wildman–Crippen MR) is 98.0 cm³/mol. The second-order valence-corrected chi connectivity index (χ2v) is 8.98. The van der Waals surface area contributed by atoms with Gasteiger partial charge in [0, 0.05) is 24.0 Å². The van der Waals surface area contributed by atoms with Crippen molar-refractivity contribution < 1.29 is 13.2 Å². The van der Waals surface area contributed by atoms with Gasteiger partial charge in [-0.05, 0) is 30.9 Å². The maximum absolute atomic E-state index is 12.7. The summed E-state index contributed by atoms with van der Waals surface area (Å²) in [6, 6.07) is 3.06. The first-order valence-corrected chi connectivity index (χ1v) is 10.8. The van der Waals surface area contributed by atoms with E-state index in [-0.39, 0.29) is 10.8 Å². The van der Waals surface area contributed by atoms with Gasteiger partial charge in [-0.25, -0.2) is 13.4 Å². The summed E-state index contributed by atoms with van der Waals surface area (Å²) in [7, 11) is -3.32. The minimum atomic E-state index is -3.32. The Morgan fingerprint density at radius 1 is 1.28 bits per heavy atom. The van der Waals surface area contributed by atoms with Gasteiger partial charge in [-0.15, -0.1) is 11.3 Å². The number of allylic oxidation sites excluding steroid dienone is 1. The number of nitrogens with one attached hydrogen (secondary N) is 1. The van der Waals surface area contributed by atoms with Crippen LogP contribution in [0.25, 0.3) is 5.57 Å². The number of aromatic nitrogens is 2. The lowest BCUT2D eigenvalue weighted by molar-refractivity contribution is -0.111. The molecule has 2 heterocycles. The van der Waals surface area contributed by atoms with Crippen LogP contribution in [0.15, 0.2) is 40.9 Å². The fourth-order valence-electron chi connectivity index (χ4n) is 2.85. The molecule has 0 saturated heterocycles. The second kappa shape index (κ2) is 7.45. The van der Waals surface area contributed by atoms with Crippen LogP contribution in [-0.2, 0) is 14.6 Å². The highest BCUT2D eigenvalue weighted by Crippen LogP contribution is 2.29. The van der Waals surface area contributed by atoms with Crippen LogP contribution in [0.5, 0.6) is 0 Å². The maximum atomic E-state index is 12.7. The van der Waals surface area contributed by atoms with Crippen LogP contribution in [0.4, 0.5) is 5.13 Å². The zero-order valence-electron chi connectivity index (χ0n) is 13.8. The van der Waals surface area contributed by atoms with Crippen molar-refractivity contribution >= 4 is 37.8 Å². The molecule has 1 aliphatic rings. The van der Waals surface area contributed by atoms with Crippen LogP contribution < -0.4 is 5.32 Å². The van der Waals surface area contributed by atoms with E-state index in [1.165, 1.54) is 23.6 Å². The third-order valence-corrected chi connectivity index (χ3v) is 5.93. The third-order valence-electron chi connectivity index (χ3n) is 4.14. The molecule has 8 heteroatoms. The van der Waals surface area contributed by atoms with Crippen LogP contribution in [-0.4, -0.2) is 30.5 Å². The van der Waals surface area contributed by atoms with E-state index in [1.807, 2.05) is 6.08 Å². The van der Waals surface area contributed by atoms with Gasteiger partial charge in [-0.2, -0.15) is 0 Å². The summed E-state index contributed by atoms with van der Waals surface area (Å²) in [6.07, 6.45) is 10.4. The quantitative estimate of drug-likeness (QED) is 0.809. The molecule has 0 spiro atoms. The molecular formula is C17H19N3O3S2. The van der Waals surface area contributed by atoms with Gasteiger partial charge in [0.15, 0.2) is 15.0 Å². The van der Waals surface area contributed by atoms with Gasteiger partial charge in [0.2, 0.25) is 0 Å². The van der Waals surface area contributed by atoms with Crippen LogP contribution in [0.2, 0.25) is 0 Å². The first-order valence-electron chi connectivity index (χ1n) is 8.02. The lowest BCUT2D eigenvalue weighted by Gasteiger charge is -2.10. The number of nitrogens with zero attached hydrogens (tertiary/aromatic N) is 2. The summed E-state index contributed by atoms with van der Waals surface area (Å²) in [5.74, 6) is 0.0647. The number of hydrogen-bond acceptors (Lipinski definition) is 6. The number of rotatable bonds is 5. The summed E-state index contributed by atoms with van der Waals surface area (Å²) in [5.41, 5.74) is 0.926. The predicted octanol–water partition coefficient (Wildman–Crippen LogP) is 3.15. The largest absolute Gasteiger partial charge is 0.298 e. The fraction of sp³-hybridized carbons (Fsp3) is 0.353. The molecule has 0 aromatic carbocycles. The molecule has 3 rings (SSSR count). The highest BCUT2D eigenvalue weighted by molar-refractivity contribution is 7.90. The van der Waals surface area contributed by atoms with Gasteiger partial charge in [-0.3, -0.25) is 15.1 Å². The Hall–Kier alpha value is -2.06. The number of pyridine rings is 1. The number of carbonyl (C=O) groups excluding carboxylic acids is 1. The summed E-state index contributed by atoms with van der Waals surface area (Å²) in [5, 5.41) is 5.09. The van der Waals surface area contributed by atoms with Crippen molar-refractivity contribution in [3.8, 4) is 0 Å². The van der Waals surface area contributed by atoms with Crippen molar-refractivity contribution in [1.82, 2.24) is 9.97 Å². The van der Waals surface area contributed by atoms with Crippen molar-refractivity contribution in [2.75, 3.05) is 11.6 Å². The first kappa shape index (κ1) is 17.8. The molecule has 1 N–H and O–H groups in total. The topological polar surface area (TPSA) is 89.0 Å². The van der Waals surface area contributed by atoms with Gasteiger partial charge in [-0.1, -0.05) is 18.9 Å². The average molecular weight is 377 g/mol. The minimum Gasteiger partial charge on any atom is -0.298 e. The van der Waals surface area contributed by atoms with E-state index < -0.39 is 9.84 Å². The van der Waals surface area contributed by atoms with E-state index in [0.717, 1.165) is 31.9 Å². The van der Waals surface area contributed by atoms with Crippen molar-refractivity contribution in [2.45, 2.75) is 30.6 Å². The van der Waals surface area contributed by atoms with E-state index in [2.05, 4.69) is 15.3 Å². The fourth-order valence-corrected chi connectivity index (χ4v) is 3.93. The standard InChI is InChI=1S/C17H19N3O3S2/c1-25(22,23)13-6-7-15(19-11-13)14(10-12-4-2-3-5-12)16(21)20-17-18-8-9-24-17/h6-12H,2-5H2,1H3,(H,18,20,21)/b14-10+. The van der Waals surface area contributed by atoms with Crippen molar-refractivity contribution in [1.29, 1.82) is 0 Å². The van der Waals surface area contributed by atoms with Gasteiger partial charge in [0.05, 0.1) is 16.2 Å². The number of carbonyl (C=O) groups is 1. The monoisotopic (exact) mass is 377 g/mol. The Kier molecular flexibility index (Phi) is 5.29. The third kappa shape index (κ3) is 4.52. The number of anilines is 1. The number of hydrogen-bond donors (Lipinski definition) is 1. The molecule has 1 aliphatic carbocycles. The molecule has 132 valence electrons. The maximum Gasteiger partial charge on any atom is 0.259 e. The molecule has 2 aromatic rings. The highest BCUT2D eigenvalue weighted by Gasteiger charge is 2.20. The SMILES string of the molecule is CS(=O)(=O)c1ccc(/C(=C\C2CCCC2)C(=O)Nc2nccs2)nc1. The summed E-state index contributed by atoms with van der Waals surface area (Å²) in [4.78, 5) is 21.1. The van der Waals surface area contributed by atoms with Crippen molar-refractivity contribution in [2.24, 2.45) is 5.92 Å². The van der Waals surface area contributed by atoms with Crippen LogP contribution >= 0.6 is 11.3 Å². The van der Waals surface area contributed by atoms with E-state index in [9.17, 15) is 13.2 Å². The summed E-state index contributed by atoms with van der Waals surface area (Å²) >= 11 is 1.34. The Labute approximate surface area is 150 Å². The number of amides is 1. The summed E-state index contributed by atoms with van der Waals surface area (Å²) in [6.45, 7) is 0. The Morgan fingerprint density at radius 2 is 2.04 bits per heavy atom. The second-order valence-electron chi connectivity index (χ2n) is 6.07.